The third-order valence-corrected chi connectivity index (χ3v) is 4.37. The zero-order valence-electron chi connectivity index (χ0n) is 11.6. The molecule has 0 saturated carbocycles. The van der Waals surface area contributed by atoms with E-state index in [9.17, 15) is 4.79 Å². The third-order valence-electron chi connectivity index (χ3n) is 3.49. The highest BCUT2D eigenvalue weighted by molar-refractivity contribution is 7.10. The lowest BCUT2D eigenvalue weighted by molar-refractivity contribution is -0.139. The zero-order chi connectivity index (χ0) is 13.4. The number of hydrogen-bond donors (Lipinski definition) is 1. The molecule has 0 aliphatic carbocycles. The second-order valence-corrected chi connectivity index (χ2v) is 7.32. The van der Waals surface area contributed by atoms with Gasteiger partial charge < -0.3 is 10.2 Å². The minimum atomic E-state index is -0.107. The zero-order valence-corrected chi connectivity index (χ0v) is 12.4. The van der Waals surface area contributed by atoms with Crippen LogP contribution < -0.4 is 5.32 Å². The van der Waals surface area contributed by atoms with Crippen LogP contribution in [0.5, 0.6) is 0 Å². The molecule has 1 aliphatic heterocycles. The number of nitrogens with one attached hydrogen (secondary N) is 1. The van der Waals surface area contributed by atoms with Crippen molar-refractivity contribution >= 4 is 17.2 Å². The van der Waals surface area contributed by atoms with E-state index in [0.717, 1.165) is 18.0 Å². The summed E-state index contributed by atoms with van der Waals surface area (Å²) in [5.41, 5.74) is -0.107. The predicted octanol–water partition coefficient (Wildman–Crippen LogP) is 2.28. The first-order valence-electron chi connectivity index (χ1n) is 6.38. The van der Waals surface area contributed by atoms with Gasteiger partial charge in [-0.1, -0.05) is 6.07 Å². The van der Waals surface area contributed by atoms with Gasteiger partial charge >= 0.3 is 0 Å². The molecule has 1 aliphatic rings. The van der Waals surface area contributed by atoms with E-state index in [0.29, 0.717) is 6.42 Å². The molecule has 0 bridgehead atoms. The molecule has 1 amide bonds. The van der Waals surface area contributed by atoms with Crippen LogP contribution in [0, 0.1) is 0 Å². The number of piperazine rings is 1. The molecular weight excluding hydrogens is 244 g/mol. The van der Waals surface area contributed by atoms with Crippen molar-refractivity contribution in [2.24, 2.45) is 0 Å². The van der Waals surface area contributed by atoms with E-state index in [4.69, 9.17) is 0 Å². The fraction of sp³-hybridized carbons (Fsp3) is 0.643. The highest BCUT2D eigenvalue weighted by Crippen LogP contribution is 2.24. The van der Waals surface area contributed by atoms with Gasteiger partial charge in [-0.25, -0.2) is 0 Å². The summed E-state index contributed by atoms with van der Waals surface area (Å²) in [5.74, 6) is 0.233. The largest absolute Gasteiger partial charge is 0.334 e. The first kappa shape index (κ1) is 13.6. The normalized spacial score (nSPS) is 21.9. The van der Waals surface area contributed by atoms with Gasteiger partial charge in [0.1, 0.15) is 0 Å². The van der Waals surface area contributed by atoms with E-state index in [2.05, 4.69) is 33.0 Å². The molecule has 0 radical (unpaired) electrons. The Bertz CT molecular complexity index is 423. The summed E-state index contributed by atoms with van der Waals surface area (Å²) in [7, 11) is 0. The molecule has 0 unspecified atom stereocenters. The van der Waals surface area contributed by atoms with E-state index < -0.39 is 0 Å². The Morgan fingerprint density at radius 1 is 1.44 bits per heavy atom. The standard InChI is InChI=1S/C14H22N2OS/c1-13(2)10-16(14(3,4)9-15-13)12(17)8-11-6-5-7-18-11/h5-7,15H,8-10H2,1-4H3. The summed E-state index contributed by atoms with van der Waals surface area (Å²) in [6.07, 6.45) is 0.525. The number of thiophene rings is 1. The van der Waals surface area contributed by atoms with Gasteiger partial charge in [0.05, 0.1) is 6.42 Å². The van der Waals surface area contributed by atoms with Crippen LogP contribution in [0.3, 0.4) is 0 Å². The molecule has 0 spiro atoms. The van der Waals surface area contributed by atoms with Crippen LogP contribution in [0.15, 0.2) is 17.5 Å². The lowest BCUT2D eigenvalue weighted by atomic mass is 9.91. The van der Waals surface area contributed by atoms with Crippen molar-refractivity contribution in [3.05, 3.63) is 22.4 Å². The van der Waals surface area contributed by atoms with E-state index in [1.54, 1.807) is 11.3 Å². The number of carbonyl (C=O) groups is 1. The van der Waals surface area contributed by atoms with Crippen LogP contribution >= 0.6 is 11.3 Å². The summed E-state index contributed by atoms with van der Waals surface area (Å²) in [5, 5.41) is 5.52. The van der Waals surface area contributed by atoms with Gasteiger partial charge in [-0.3, -0.25) is 4.79 Å². The Balaban J connectivity index is 2.11. The monoisotopic (exact) mass is 266 g/mol. The van der Waals surface area contributed by atoms with Crippen molar-refractivity contribution < 1.29 is 4.79 Å². The summed E-state index contributed by atoms with van der Waals surface area (Å²) < 4.78 is 0. The minimum absolute atomic E-state index is 0.000625. The van der Waals surface area contributed by atoms with Gasteiger partial charge in [0.25, 0.3) is 0 Å². The summed E-state index contributed by atoms with van der Waals surface area (Å²) in [6.45, 7) is 10.2. The fourth-order valence-electron chi connectivity index (χ4n) is 2.30. The average Bonchev–Trinajstić information content (AvgIpc) is 2.75. The summed E-state index contributed by atoms with van der Waals surface area (Å²) in [6, 6.07) is 4.03. The van der Waals surface area contributed by atoms with Gasteiger partial charge in [-0.15, -0.1) is 11.3 Å². The number of hydrogen-bond acceptors (Lipinski definition) is 3. The van der Waals surface area contributed by atoms with Crippen molar-refractivity contribution in [3.8, 4) is 0 Å². The SMILES string of the molecule is CC1(C)CN(C(=O)Cc2cccs2)C(C)(C)CN1. The molecule has 4 heteroatoms. The topological polar surface area (TPSA) is 32.3 Å². The first-order valence-corrected chi connectivity index (χ1v) is 7.26. The molecule has 0 atom stereocenters. The van der Waals surface area contributed by atoms with Gasteiger partial charge in [0, 0.05) is 29.0 Å². The molecule has 1 aromatic rings. The Hall–Kier alpha value is -0.870. The fourth-order valence-corrected chi connectivity index (χ4v) is 3.00. The number of rotatable bonds is 2. The average molecular weight is 266 g/mol. The molecule has 1 fully saturated rings. The van der Waals surface area contributed by atoms with Crippen LogP contribution in [0.1, 0.15) is 32.6 Å². The second-order valence-electron chi connectivity index (χ2n) is 6.29. The molecule has 18 heavy (non-hydrogen) atoms. The van der Waals surface area contributed by atoms with Crippen molar-refractivity contribution in [3.63, 3.8) is 0 Å². The Morgan fingerprint density at radius 3 is 2.78 bits per heavy atom. The van der Waals surface area contributed by atoms with Gasteiger partial charge in [0.15, 0.2) is 0 Å². The van der Waals surface area contributed by atoms with Crippen molar-refractivity contribution in [1.82, 2.24) is 10.2 Å². The number of amides is 1. The molecule has 0 aromatic carbocycles. The van der Waals surface area contributed by atoms with Crippen LogP contribution in [0.4, 0.5) is 0 Å². The molecular formula is C14H22N2OS. The molecule has 2 rings (SSSR count). The summed E-state index contributed by atoms with van der Waals surface area (Å²) in [4.78, 5) is 15.7. The maximum Gasteiger partial charge on any atom is 0.228 e. The van der Waals surface area contributed by atoms with Gasteiger partial charge in [-0.2, -0.15) is 0 Å². The van der Waals surface area contributed by atoms with Crippen LogP contribution in [0.2, 0.25) is 0 Å². The predicted molar refractivity (Wildman–Crippen MR) is 75.9 cm³/mol. The smallest absolute Gasteiger partial charge is 0.228 e. The third kappa shape index (κ3) is 2.93. The maximum atomic E-state index is 12.5. The van der Waals surface area contributed by atoms with E-state index in [-0.39, 0.29) is 17.0 Å². The highest BCUT2D eigenvalue weighted by Gasteiger charge is 2.39. The molecule has 3 nitrogen and oxygen atoms in total. The maximum absolute atomic E-state index is 12.5. The highest BCUT2D eigenvalue weighted by atomic mass is 32.1. The summed E-state index contributed by atoms with van der Waals surface area (Å²) >= 11 is 1.65. The quantitative estimate of drug-likeness (QED) is 0.890. The lowest BCUT2D eigenvalue weighted by Gasteiger charge is -2.49. The Morgan fingerprint density at radius 2 is 2.17 bits per heavy atom. The van der Waals surface area contributed by atoms with Crippen LogP contribution in [-0.2, 0) is 11.2 Å². The van der Waals surface area contributed by atoms with E-state index >= 15 is 0 Å². The van der Waals surface area contributed by atoms with Gasteiger partial charge in [-0.05, 0) is 39.1 Å². The van der Waals surface area contributed by atoms with E-state index in [1.807, 2.05) is 22.4 Å². The first-order chi connectivity index (χ1) is 8.30. The lowest BCUT2D eigenvalue weighted by Crippen LogP contribution is -2.67. The molecule has 1 N–H and O–H groups in total. The molecule has 2 heterocycles. The molecule has 1 saturated heterocycles. The number of nitrogens with zero attached hydrogens (tertiary/aromatic N) is 1. The minimum Gasteiger partial charge on any atom is -0.334 e. The van der Waals surface area contributed by atoms with Gasteiger partial charge in [0.2, 0.25) is 5.91 Å². The van der Waals surface area contributed by atoms with Crippen molar-refractivity contribution in [2.75, 3.05) is 13.1 Å². The number of carbonyl (C=O) groups excluding carboxylic acids is 1. The van der Waals surface area contributed by atoms with Crippen molar-refractivity contribution in [1.29, 1.82) is 0 Å². The van der Waals surface area contributed by atoms with Crippen LogP contribution in [0.25, 0.3) is 0 Å². The van der Waals surface area contributed by atoms with E-state index in [1.165, 1.54) is 0 Å². The Kier molecular flexibility index (Phi) is 3.52. The molecule has 1 aromatic heterocycles. The Labute approximate surface area is 113 Å². The molecule has 100 valence electrons. The second kappa shape index (κ2) is 4.67. The van der Waals surface area contributed by atoms with Crippen LogP contribution in [-0.4, -0.2) is 35.0 Å². The van der Waals surface area contributed by atoms with Crippen molar-refractivity contribution in [2.45, 2.75) is 45.2 Å².